The van der Waals surface area contributed by atoms with E-state index in [0.717, 1.165) is 13.1 Å². The molecular weight excluding hydrogens is 505 g/mol. The third-order valence-electron chi connectivity index (χ3n) is 5.85. The van der Waals surface area contributed by atoms with Crippen LogP contribution >= 0.6 is 11.6 Å². The number of aromatic nitrogens is 2. The zero-order valence-electron chi connectivity index (χ0n) is 22.5. The number of hydrogen-bond donors (Lipinski definition) is 1. The summed E-state index contributed by atoms with van der Waals surface area (Å²) in [5.41, 5.74) is 2.26. The molecule has 0 saturated carbocycles. The van der Waals surface area contributed by atoms with Crippen LogP contribution < -0.4 is 5.32 Å². The number of carbonyl (C=O) groups is 1. The highest BCUT2D eigenvalue weighted by atomic mass is 35.5. The van der Waals surface area contributed by atoms with Gasteiger partial charge in [0, 0.05) is 31.7 Å². The Bertz CT molecular complexity index is 1330. The van der Waals surface area contributed by atoms with Crippen molar-refractivity contribution in [3.8, 4) is 11.8 Å². The Hall–Kier alpha value is -3.54. The molecule has 1 saturated heterocycles. The number of allylic oxidation sites excluding steroid dienone is 4. The van der Waals surface area contributed by atoms with Gasteiger partial charge in [-0.2, -0.15) is 0 Å². The van der Waals surface area contributed by atoms with E-state index < -0.39 is 11.4 Å². The van der Waals surface area contributed by atoms with E-state index >= 15 is 4.39 Å². The Kier molecular flexibility index (Phi) is 9.42. The molecule has 1 aliphatic heterocycles. The lowest BCUT2D eigenvalue weighted by Crippen LogP contribution is -2.50. The maximum atomic E-state index is 15.6. The molecule has 38 heavy (non-hydrogen) atoms. The number of fused-ring (bicyclic) bond motifs is 1. The molecule has 3 rings (SSSR count). The maximum Gasteiger partial charge on any atom is 0.410 e. The predicted molar refractivity (Wildman–Crippen MR) is 153 cm³/mol. The van der Waals surface area contributed by atoms with Gasteiger partial charge in [-0.15, -0.1) is 0 Å². The molecular formula is C29H35ClFN5O2. The number of carbonyl (C=O) groups excluding carboxylic acids is 1. The van der Waals surface area contributed by atoms with Gasteiger partial charge < -0.3 is 19.5 Å². The second kappa shape index (κ2) is 12.3. The van der Waals surface area contributed by atoms with Gasteiger partial charge in [0.2, 0.25) is 0 Å². The van der Waals surface area contributed by atoms with E-state index in [0.29, 0.717) is 48.5 Å². The molecule has 9 heteroatoms. The van der Waals surface area contributed by atoms with Gasteiger partial charge in [-0.1, -0.05) is 49.3 Å². The number of halogens is 2. The van der Waals surface area contributed by atoms with Crippen LogP contribution in [-0.4, -0.2) is 63.8 Å². The van der Waals surface area contributed by atoms with Crippen LogP contribution in [0.5, 0.6) is 0 Å². The number of amides is 1. The molecule has 0 bridgehead atoms. The van der Waals surface area contributed by atoms with E-state index in [1.807, 2.05) is 31.4 Å². The van der Waals surface area contributed by atoms with Crippen LogP contribution in [0.15, 0.2) is 55.0 Å². The third kappa shape index (κ3) is 7.27. The van der Waals surface area contributed by atoms with Crippen molar-refractivity contribution in [3.05, 3.63) is 66.4 Å². The molecule has 0 radical (unpaired) electrons. The summed E-state index contributed by atoms with van der Waals surface area (Å²) in [7, 11) is 0. The first-order valence-electron chi connectivity index (χ1n) is 12.3. The molecule has 2 aromatic rings. The second-order valence-electron chi connectivity index (χ2n) is 10.1. The topological polar surface area (TPSA) is 62.6 Å². The van der Waals surface area contributed by atoms with Crippen molar-refractivity contribution in [2.45, 2.75) is 39.8 Å². The van der Waals surface area contributed by atoms with Crippen LogP contribution in [-0.2, 0) is 11.3 Å². The average Bonchev–Trinajstić information content (AvgIpc) is 3.25. The van der Waals surface area contributed by atoms with Crippen molar-refractivity contribution >= 4 is 40.0 Å². The van der Waals surface area contributed by atoms with Gasteiger partial charge in [-0.3, -0.25) is 4.90 Å². The number of nitrogens with one attached hydrogen (secondary N) is 1. The van der Waals surface area contributed by atoms with Crippen LogP contribution in [0.2, 0.25) is 0 Å². The minimum absolute atomic E-state index is 0.218. The van der Waals surface area contributed by atoms with Gasteiger partial charge in [0.25, 0.3) is 0 Å². The van der Waals surface area contributed by atoms with Crippen LogP contribution in [0.1, 0.15) is 33.3 Å². The number of hydrogen-bond acceptors (Lipinski definition) is 5. The summed E-state index contributed by atoms with van der Waals surface area (Å²) < 4.78 is 22.8. The Morgan fingerprint density at radius 3 is 2.47 bits per heavy atom. The lowest BCUT2D eigenvalue weighted by Gasteiger charge is -2.34. The lowest BCUT2D eigenvalue weighted by atomic mass is 10.0. The first-order valence-corrected chi connectivity index (χ1v) is 12.7. The zero-order valence-corrected chi connectivity index (χ0v) is 23.3. The van der Waals surface area contributed by atoms with Crippen LogP contribution in [0.3, 0.4) is 0 Å². The second-order valence-corrected chi connectivity index (χ2v) is 10.5. The van der Waals surface area contributed by atoms with Gasteiger partial charge in [-0.25, -0.2) is 14.2 Å². The largest absolute Gasteiger partial charge is 0.444 e. The van der Waals surface area contributed by atoms with E-state index in [4.69, 9.17) is 16.3 Å². The Labute approximate surface area is 229 Å². The zero-order chi connectivity index (χ0) is 28.0. The highest BCUT2D eigenvalue weighted by Crippen LogP contribution is 2.34. The van der Waals surface area contributed by atoms with Crippen molar-refractivity contribution in [2.75, 3.05) is 38.0 Å². The Morgan fingerprint density at radius 2 is 1.89 bits per heavy atom. The molecule has 1 aromatic heterocycles. The standard InChI is InChI=1S/C29H35ClFN5O2/c1-8-11-23(21(4)30)33-26-22(20(2)3)18-24-27(25(26)31)32-19-36(24)13-10-9-12-34-14-16-35(17-15-34)28(37)38-29(5,6)7/h8,11,18-19,33H,1-2,4,12-17H2,3,5-7H3/b23-11+. The van der Waals surface area contributed by atoms with Crippen LogP contribution in [0.4, 0.5) is 14.9 Å². The number of benzene rings is 1. The fourth-order valence-corrected chi connectivity index (χ4v) is 4.03. The fraction of sp³-hybridized carbons (Fsp3) is 0.379. The van der Waals surface area contributed by atoms with Crippen molar-refractivity contribution in [3.63, 3.8) is 0 Å². The molecule has 0 unspecified atom stereocenters. The number of ether oxygens (including phenoxy) is 1. The van der Waals surface area contributed by atoms with Crippen LogP contribution in [0.25, 0.3) is 16.6 Å². The molecule has 0 aliphatic carbocycles. The normalized spacial score (nSPS) is 14.6. The first-order chi connectivity index (χ1) is 17.9. The van der Waals surface area contributed by atoms with Crippen molar-refractivity contribution in [2.24, 2.45) is 0 Å². The number of anilines is 1. The summed E-state index contributed by atoms with van der Waals surface area (Å²) in [4.78, 5) is 20.4. The smallest absolute Gasteiger partial charge is 0.410 e. The van der Waals surface area contributed by atoms with Gasteiger partial charge in [0.1, 0.15) is 11.1 Å². The monoisotopic (exact) mass is 539 g/mol. The predicted octanol–water partition coefficient (Wildman–Crippen LogP) is 6.00. The molecule has 1 N–H and O–H groups in total. The SMILES string of the molecule is C=C/C=C(/Nc1c(C(=C)C)cc2c(ncn2CC#CCN2CCN(C(=O)OC(C)(C)C)CC2)c1F)C(=C)Cl. The lowest BCUT2D eigenvalue weighted by molar-refractivity contribution is 0.0155. The molecule has 0 atom stereocenters. The minimum Gasteiger partial charge on any atom is -0.444 e. The van der Waals surface area contributed by atoms with E-state index in [9.17, 15) is 4.79 Å². The highest BCUT2D eigenvalue weighted by molar-refractivity contribution is 6.32. The molecule has 1 aromatic carbocycles. The van der Waals surface area contributed by atoms with E-state index in [2.05, 4.69) is 46.8 Å². The molecule has 0 spiro atoms. The van der Waals surface area contributed by atoms with Gasteiger partial charge >= 0.3 is 6.09 Å². The number of rotatable bonds is 7. The molecule has 2 heterocycles. The van der Waals surface area contributed by atoms with Crippen molar-refractivity contribution in [1.29, 1.82) is 0 Å². The minimum atomic E-state index is -0.511. The van der Waals surface area contributed by atoms with Gasteiger partial charge in [-0.05, 0) is 45.4 Å². The van der Waals surface area contributed by atoms with E-state index in [1.165, 1.54) is 0 Å². The molecule has 202 valence electrons. The fourth-order valence-electron chi connectivity index (χ4n) is 3.92. The van der Waals surface area contributed by atoms with Crippen molar-refractivity contribution in [1.82, 2.24) is 19.4 Å². The number of imidazole rings is 1. The Morgan fingerprint density at radius 1 is 1.24 bits per heavy atom. The highest BCUT2D eigenvalue weighted by Gasteiger charge is 2.25. The molecule has 1 aliphatic rings. The van der Waals surface area contributed by atoms with E-state index in [-0.39, 0.29) is 22.3 Å². The quantitative estimate of drug-likeness (QED) is 0.345. The first kappa shape index (κ1) is 29.0. The molecule has 1 fully saturated rings. The summed E-state index contributed by atoms with van der Waals surface area (Å²) in [5.74, 6) is 5.83. The van der Waals surface area contributed by atoms with Gasteiger partial charge in [0.05, 0.1) is 41.4 Å². The number of piperazine rings is 1. The van der Waals surface area contributed by atoms with Crippen molar-refractivity contribution < 1.29 is 13.9 Å². The number of nitrogens with zero attached hydrogens (tertiary/aromatic N) is 4. The molecule has 1 amide bonds. The summed E-state index contributed by atoms with van der Waals surface area (Å²) in [6, 6.07) is 1.84. The van der Waals surface area contributed by atoms with Gasteiger partial charge in [0.15, 0.2) is 5.82 Å². The average molecular weight is 540 g/mol. The summed E-state index contributed by atoms with van der Waals surface area (Å²) >= 11 is 6.07. The van der Waals surface area contributed by atoms with E-state index in [1.54, 1.807) is 30.3 Å². The maximum absolute atomic E-state index is 15.6. The molecule has 7 nitrogen and oxygen atoms in total. The summed E-state index contributed by atoms with van der Waals surface area (Å²) in [6.07, 6.45) is 4.46. The third-order valence-corrected chi connectivity index (χ3v) is 6.06. The van der Waals surface area contributed by atoms with Crippen LogP contribution in [0, 0.1) is 17.7 Å². The Balaban J connectivity index is 1.70. The summed E-state index contributed by atoms with van der Waals surface area (Å²) in [5, 5.41) is 3.24. The summed E-state index contributed by atoms with van der Waals surface area (Å²) in [6.45, 7) is 22.4.